The Morgan fingerprint density at radius 1 is 1.17 bits per heavy atom. The quantitative estimate of drug-likeness (QED) is 0.801. The summed E-state index contributed by atoms with van der Waals surface area (Å²) in [6, 6.07) is 6.91. The van der Waals surface area contributed by atoms with E-state index in [1.54, 1.807) is 30.6 Å². The molecule has 1 aliphatic heterocycles. The molecule has 1 N–H and O–H groups in total. The number of hydrogen-bond acceptors (Lipinski definition) is 4. The van der Waals surface area contributed by atoms with Gasteiger partial charge in [0.25, 0.3) is 0 Å². The smallest absolute Gasteiger partial charge is 0.243 e. The summed E-state index contributed by atoms with van der Waals surface area (Å²) in [6.07, 6.45) is 7.26. The van der Waals surface area contributed by atoms with Gasteiger partial charge in [-0.25, -0.2) is 8.42 Å². The molecule has 2 heterocycles. The number of nitrogens with one attached hydrogen (secondary N) is 1. The Hall–Kier alpha value is -1.18. The molecule has 0 unspecified atom stereocenters. The molecule has 5 nitrogen and oxygen atoms in total. The van der Waals surface area contributed by atoms with Crippen molar-refractivity contribution in [1.29, 1.82) is 0 Å². The third-order valence-corrected chi connectivity index (χ3v) is 5.84. The van der Waals surface area contributed by atoms with Gasteiger partial charge in [0.15, 0.2) is 0 Å². The number of fused-ring (bicyclic) bond motifs is 1. The van der Waals surface area contributed by atoms with Gasteiger partial charge in [0.1, 0.15) is 0 Å². The van der Waals surface area contributed by atoms with Crippen molar-refractivity contribution in [1.82, 2.24) is 14.6 Å². The molecule has 2 aromatic rings. The van der Waals surface area contributed by atoms with Crippen LogP contribution in [0.2, 0.25) is 0 Å². The highest BCUT2D eigenvalue weighted by Gasteiger charge is 2.28. The predicted octanol–water partition coefficient (Wildman–Crippen LogP) is 2.62. The van der Waals surface area contributed by atoms with Crippen LogP contribution in [0.5, 0.6) is 0 Å². The number of sulfonamides is 1. The Balaban J connectivity index is 0.00000144. The van der Waals surface area contributed by atoms with Crippen molar-refractivity contribution >= 4 is 45.6 Å². The van der Waals surface area contributed by atoms with E-state index < -0.39 is 10.0 Å². The second-order valence-electron chi connectivity index (χ2n) is 5.44. The highest BCUT2D eigenvalue weighted by atomic mass is 35.5. The Morgan fingerprint density at radius 3 is 2.75 bits per heavy atom. The van der Waals surface area contributed by atoms with Gasteiger partial charge in [0.05, 0.1) is 4.90 Å². The molecule has 24 heavy (non-hydrogen) atoms. The largest absolute Gasteiger partial charge is 0.312 e. The molecule has 1 aromatic carbocycles. The number of rotatable bonds is 2. The molecule has 0 bridgehead atoms. The van der Waals surface area contributed by atoms with Crippen molar-refractivity contribution in [2.45, 2.75) is 17.9 Å². The van der Waals surface area contributed by atoms with Crippen LogP contribution in [0.3, 0.4) is 0 Å². The zero-order chi connectivity index (χ0) is 15.6. The maximum absolute atomic E-state index is 13.0. The Labute approximate surface area is 155 Å². The Bertz CT molecular complexity index is 812. The SMILES string of the molecule is C[C@@H]1CNCC=CCN1S(=O)(=O)c1ccc2cnccc2c1.Cl.Cl. The molecule has 0 aliphatic carbocycles. The topological polar surface area (TPSA) is 62.3 Å². The number of aromatic nitrogens is 1. The van der Waals surface area contributed by atoms with Crippen LogP contribution >= 0.6 is 24.8 Å². The number of nitrogens with zero attached hydrogens (tertiary/aromatic N) is 2. The van der Waals surface area contributed by atoms with Crippen LogP contribution in [-0.2, 0) is 10.0 Å². The minimum absolute atomic E-state index is 0. The highest BCUT2D eigenvalue weighted by Crippen LogP contribution is 2.23. The minimum Gasteiger partial charge on any atom is -0.312 e. The van der Waals surface area contributed by atoms with Gasteiger partial charge in [-0.2, -0.15) is 4.31 Å². The van der Waals surface area contributed by atoms with Gasteiger partial charge < -0.3 is 5.32 Å². The van der Waals surface area contributed by atoms with Gasteiger partial charge in [-0.15, -0.1) is 24.8 Å². The summed E-state index contributed by atoms with van der Waals surface area (Å²) in [7, 11) is -3.52. The molecule has 1 atom stereocenters. The molecule has 0 amide bonds. The van der Waals surface area contributed by atoms with E-state index >= 15 is 0 Å². The van der Waals surface area contributed by atoms with Gasteiger partial charge in [-0.05, 0) is 30.5 Å². The maximum Gasteiger partial charge on any atom is 0.243 e. The fourth-order valence-corrected chi connectivity index (χ4v) is 4.23. The molecular formula is C16H21Cl2N3O2S. The molecule has 0 spiro atoms. The third-order valence-electron chi connectivity index (χ3n) is 3.86. The molecule has 0 saturated heterocycles. The molecule has 3 rings (SSSR count). The summed E-state index contributed by atoms with van der Waals surface area (Å²) in [5.41, 5.74) is 0. The van der Waals surface area contributed by atoms with E-state index in [9.17, 15) is 8.42 Å². The van der Waals surface area contributed by atoms with Crippen molar-refractivity contribution in [3.05, 3.63) is 48.8 Å². The molecule has 1 aromatic heterocycles. The van der Waals surface area contributed by atoms with Gasteiger partial charge >= 0.3 is 0 Å². The lowest BCUT2D eigenvalue weighted by atomic mass is 10.2. The lowest BCUT2D eigenvalue weighted by molar-refractivity contribution is 0.348. The van der Waals surface area contributed by atoms with Crippen LogP contribution in [0.4, 0.5) is 0 Å². The summed E-state index contributed by atoms with van der Waals surface area (Å²) < 4.78 is 27.4. The monoisotopic (exact) mass is 389 g/mol. The van der Waals surface area contributed by atoms with Crippen LogP contribution in [0.15, 0.2) is 53.7 Å². The van der Waals surface area contributed by atoms with Crippen LogP contribution < -0.4 is 5.32 Å². The zero-order valence-electron chi connectivity index (χ0n) is 13.3. The van der Waals surface area contributed by atoms with E-state index in [0.29, 0.717) is 18.0 Å². The van der Waals surface area contributed by atoms with Crippen molar-refractivity contribution in [3.63, 3.8) is 0 Å². The van der Waals surface area contributed by atoms with E-state index in [1.165, 1.54) is 4.31 Å². The average molecular weight is 390 g/mol. The summed E-state index contributed by atoms with van der Waals surface area (Å²) in [4.78, 5) is 4.38. The molecular weight excluding hydrogens is 369 g/mol. The molecule has 132 valence electrons. The van der Waals surface area contributed by atoms with Crippen molar-refractivity contribution < 1.29 is 8.42 Å². The first kappa shape index (κ1) is 20.9. The summed E-state index contributed by atoms with van der Waals surface area (Å²) in [6.45, 7) is 3.75. The van der Waals surface area contributed by atoms with Crippen LogP contribution in [-0.4, -0.2) is 43.4 Å². The summed E-state index contributed by atoms with van der Waals surface area (Å²) in [5.74, 6) is 0. The predicted molar refractivity (Wildman–Crippen MR) is 102 cm³/mol. The van der Waals surface area contributed by atoms with E-state index in [1.807, 2.05) is 25.1 Å². The van der Waals surface area contributed by atoms with Gasteiger partial charge in [0, 0.05) is 43.5 Å². The van der Waals surface area contributed by atoms with Crippen LogP contribution in [0, 0.1) is 0 Å². The molecule has 8 heteroatoms. The maximum atomic E-state index is 13.0. The number of benzene rings is 1. The average Bonchev–Trinajstić information content (AvgIpc) is 2.50. The van der Waals surface area contributed by atoms with Gasteiger partial charge in [0.2, 0.25) is 10.0 Å². The Kier molecular flexibility index (Phi) is 7.63. The molecule has 0 saturated carbocycles. The summed E-state index contributed by atoms with van der Waals surface area (Å²) >= 11 is 0. The fraction of sp³-hybridized carbons (Fsp3) is 0.312. The van der Waals surface area contributed by atoms with Gasteiger partial charge in [-0.1, -0.05) is 18.2 Å². The number of halogens is 2. The summed E-state index contributed by atoms with van der Waals surface area (Å²) in [5, 5.41) is 5.03. The van der Waals surface area contributed by atoms with Gasteiger partial charge in [-0.3, -0.25) is 4.98 Å². The Morgan fingerprint density at radius 2 is 1.96 bits per heavy atom. The normalized spacial score (nSPS) is 19.0. The molecule has 1 aliphatic rings. The second kappa shape index (κ2) is 8.78. The molecule has 0 radical (unpaired) electrons. The number of hydrogen-bond donors (Lipinski definition) is 1. The van der Waals surface area contributed by atoms with E-state index in [2.05, 4.69) is 10.3 Å². The van der Waals surface area contributed by atoms with Crippen LogP contribution in [0.1, 0.15) is 6.92 Å². The third kappa shape index (κ3) is 4.26. The second-order valence-corrected chi connectivity index (χ2v) is 7.33. The first-order valence-corrected chi connectivity index (χ1v) is 8.74. The number of pyridine rings is 1. The van der Waals surface area contributed by atoms with E-state index in [0.717, 1.165) is 17.3 Å². The standard InChI is InChI=1S/C16H19N3O2S.2ClH/c1-13-11-17-7-2-3-9-19(13)22(20,21)16-5-4-15-12-18-8-6-14(15)10-16;;/h2-6,8,10,12-13,17H,7,9,11H2,1H3;2*1H/t13-;;/m1../s1. The molecule has 0 fully saturated rings. The van der Waals surface area contributed by atoms with Crippen molar-refractivity contribution in [2.24, 2.45) is 0 Å². The first-order valence-electron chi connectivity index (χ1n) is 7.30. The highest BCUT2D eigenvalue weighted by molar-refractivity contribution is 7.89. The van der Waals surface area contributed by atoms with Crippen molar-refractivity contribution in [2.75, 3.05) is 19.6 Å². The van der Waals surface area contributed by atoms with E-state index in [4.69, 9.17) is 0 Å². The lowest BCUT2D eigenvalue weighted by Crippen LogP contribution is -2.45. The first-order chi connectivity index (χ1) is 10.6. The fourth-order valence-electron chi connectivity index (χ4n) is 2.61. The zero-order valence-corrected chi connectivity index (χ0v) is 15.7. The minimum atomic E-state index is -3.52. The van der Waals surface area contributed by atoms with Crippen molar-refractivity contribution in [3.8, 4) is 0 Å². The van der Waals surface area contributed by atoms with E-state index in [-0.39, 0.29) is 30.9 Å². The lowest BCUT2D eigenvalue weighted by Gasteiger charge is -2.28. The van der Waals surface area contributed by atoms with Crippen LogP contribution in [0.25, 0.3) is 10.8 Å².